The molecule has 1 aromatic rings. The van der Waals surface area contributed by atoms with Crippen LogP contribution in [-0.4, -0.2) is 38.9 Å². The first-order chi connectivity index (χ1) is 8.03. The summed E-state index contributed by atoms with van der Waals surface area (Å²) in [5.41, 5.74) is 0. The van der Waals surface area contributed by atoms with Crippen LogP contribution < -0.4 is 5.32 Å². The van der Waals surface area contributed by atoms with Crippen molar-refractivity contribution in [1.82, 2.24) is 9.62 Å². The Morgan fingerprint density at radius 1 is 1.39 bits per heavy atom. The van der Waals surface area contributed by atoms with E-state index in [0.717, 1.165) is 19.5 Å². The van der Waals surface area contributed by atoms with Crippen LogP contribution in [0.4, 0.5) is 0 Å². The fourth-order valence-electron chi connectivity index (χ4n) is 1.96. The van der Waals surface area contributed by atoms with E-state index in [1.54, 1.807) is 31.3 Å². The van der Waals surface area contributed by atoms with Crippen molar-refractivity contribution in [2.24, 2.45) is 0 Å². The average Bonchev–Trinajstić information content (AvgIpc) is 2.81. The van der Waals surface area contributed by atoms with Gasteiger partial charge in [0.1, 0.15) is 0 Å². The van der Waals surface area contributed by atoms with Crippen LogP contribution in [0, 0.1) is 0 Å². The maximum absolute atomic E-state index is 12.4. The lowest BCUT2D eigenvalue weighted by atomic mass is 10.3. The van der Waals surface area contributed by atoms with Crippen LogP contribution in [0.1, 0.15) is 6.42 Å². The number of hydrogen-bond donors (Lipinski definition) is 1. The summed E-state index contributed by atoms with van der Waals surface area (Å²) in [5, 5.41) is 3.17. The van der Waals surface area contributed by atoms with Gasteiger partial charge in [0.15, 0.2) is 0 Å². The van der Waals surface area contributed by atoms with Crippen LogP contribution in [0.25, 0.3) is 0 Å². The predicted octanol–water partition coefficient (Wildman–Crippen LogP) is 1.85. The second kappa shape index (κ2) is 6.34. The van der Waals surface area contributed by atoms with Gasteiger partial charge in [-0.05, 0) is 41.0 Å². The smallest absolute Gasteiger partial charge is 0.244 e. The second-order valence-corrected chi connectivity index (χ2v) is 6.92. The van der Waals surface area contributed by atoms with Crippen molar-refractivity contribution >= 4 is 38.4 Å². The van der Waals surface area contributed by atoms with Gasteiger partial charge < -0.3 is 5.32 Å². The molecule has 18 heavy (non-hydrogen) atoms. The monoisotopic (exact) mass is 354 g/mol. The molecule has 1 N–H and O–H groups in total. The highest BCUT2D eigenvalue weighted by molar-refractivity contribution is 9.10. The van der Waals surface area contributed by atoms with E-state index in [1.807, 2.05) is 0 Å². The minimum Gasteiger partial charge on any atom is -0.315 e. The molecule has 0 bridgehead atoms. The van der Waals surface area contributed by atoms with Crippen LogP contribution in [0.15, 0.2) is 33.6 Å². The molecule has 0 aromatic heterocycles. The molecule has 0 spiro atoms. The topological polar surface area (TPSA) is 49.4 Å². The van der Waals surface area contributed by atoms with E-state index in [-0.39, 0.29) is 18.4 Å². The number of sulfonamides is 1. The van der Waals surface area contributed by atoms with E-state index in [4.69, 9.17) is 0 Å². The number of nitrogens with one attached hydrogen (secondary N) is 1. The Hall–Kier alpha value is -0.140. The van der Waals surface area contributed by atoms with E-state index >= 15 is 0 Å². The molecule has 1 aromatic carbocycles. The molecule has 1 saturated heterocycles. The normalized spacial score (nSPS) is 19.8. The number of nitrogens with zero attached hydrogens (tertiary/aromatic N) is 1. The molecule has 0 amide bonds. The zero-order valence-electron chi connectivity index (χ0n) is 9.97. The molecule has 2 rings (SSSR count). The number of likely N-dealkylation sites (N-methyl/N-ethyl adjacent to an activating group) is 1. The molecule has 1 unspecified atom stereocenters. The van der Waals surface area contributed by atoms with Gasteiger partial charge in [-0.3, -0.25) is 0 Å². The van der Waals surface area contributed by atoms with Crippen molar-refractivity contribution in [3.63, 3.8) is 0 Å². The first-order valence-corrected chi connectivity index (χ1v) is 7.70. The first-order valence-electron chi connectivity index (χ1n) is 5.47. The fraction of sp³-hybridized carbons (Fsp3) is 0.455. The van der Waals surface area contributed by atoms with Gasteiger partial charge in [-0.25, -0.2) is 8.42 Å². The summed E-state index contributed by atoms with van der Waals surface area (Å²) in [6.07, 6.45) is 0.861. The molecular formula is C11H16BrClN2O2S. The molecule has 7 heteroatoms. The van der Waals surface area contributed by atoms with E-state index in [2.05, 4.69) is 21.2 Å². The van der Waals surface area contributed by atoms with E-state index in [9.17, 15) is 8.42 Å². The zero-order valence-corrected chi connectivity index (χ0v) is 13.2. The molecule has 1 heterocycles. The molecule has 1 aliphatic rings. The fourth-order valence-corrected chi connectivity index (χ4v) is 4.30. The Labute approximate surface area is 122 Å². The van der Waals surface area contributed by atoms with Gasteiger partial charge in [0.2, 0.25) is 10.0 Å². The summed E-state index contributed by atoms with van der Waals surface area (Å²) in [5.74, 6) is 0. The molecule has 0 radical (unpaired) electrons. The lowest BCUT2D eigenvalue weighted by Crippen LogP contribution is -2.38. The van der Waals surface area contributed by atoms with E-state index in [0.29, 0.717) is 9.37 Å². The minimum absolute atomic E-state index is 0. The van der Waals surface area contributed by atoms with Crippen molar-refractivity contribution in [1.29, 1.82) is 0 Å². The van der Waals surface area contributed by atoms with E-state index in [1.165, 1.54) is 4.31 Å². The van der Waals surface area contributed by atoms with Crippen molar-refractivity contribution in [2.45, 2.75) is 17.4 Å². The third-order valence-electron chi connectivity index (χ3n) is 3.04. The summed E-state index contributed by atoms with van der Waals surface area (Å²) in [7, 11) is -1.76. The van der Waals surface area contributed by atoms with Gasteiger partial charge in [-0.15, -0.1) is 12.4 Å². The Kier molecular flexibility index (Phi) is 5.61. The number of rotatable bonds is 3. The largest absolute Gasteiger partial charge is 0.315 e. The molecule has 1 fully saturated rings. The summed E-state index contributed by atoms with van der Waals surface area (Å²) in [4.78, 5) is 0.328. The van der Waals surface area contributed by atoms with E-state index < -0.39 is 10.0 Å². The van der Waals surface area contributed by atoms with Crippen molar-refractivity contribution < 1.29 is 8.42 Å². The Morgan fingerprint density at radius 2 is 2.06 bits per heavy atom. The Balaban J connectivity index is 0.00000162. The van der Waals surface area contributed by atoms with Crippen LogP contribution in [0.3, 0.4) is 0 Å². The third-order valence-corrected chi connectivity index (χ3v) is 5.96. The molecule has 102 valence electrons. The molecular weight excluding hydrogens is 340 g/mol. The van der Waals surface area contributed by atoms with Crippen molar-refractivity contribution in [3.05, 3.63) is 28.7 Å². The lowest BCUT2D eigenvalue weighted by molar-refractivity contribution is 0.387. The lowest BCUT2D eigenvalue weighted by Gasteiger charge is -2.23. The summed E-state index contributed by atoms with van der Waals surface area (Å²) in [6, 6.07) is 6.96. The van der Waals surface area contributed by atoms with Crippen molar-refractivity contribution in [2.75, 3.05) is 20.1 Å². The number of halogens is 2. The molecule has 4 nitrogen and oxygen atoms in total. The molecule has 1 atom stereocenters. The maximum Gasteiger partial charge on any atom is 0.244 e. The van der Waals surface area contributed by atoms with Gasteiger partial charge >= 0.3 is 0 Å². The molecule has 1 aliphatic heterocycles. The predicted molar refractivity (Wildman–Crippen MR) is 77.6 cm³/mol. The van der Waals surface area contributed by atoms with Gasteiger partial charge in [0, 0.05) is 24.1 Å². The highest BCUT2D eigenvalue weighted by atomic mass is 79.9. The number of hydrogen-bond acceptors (Lipinski definition) is 3. The molecule has 0 saturated carbocycles. The quantitative estimate of drug-likeness (QED) is 0.900. The maximum atomic E-state index is 12.4. The minimum atomic E-state index is -3.41. The SMILES string of the molecule is CN(C1CCNC1)S(=O)(=O)c1ccccc1Br.Cl. The van der Waals surface area contributed by atoms with Crippen molar-refractivity contribution in [3.8, 4) is 0 Å². The van der Waals surface area contributed by atoms with Gasteiger partial charge in [0.05, 0.1) is 4.90 Å². The van der Waals surface area contributed by atoms with Crippen LogP contribution in [-0.2, 0) is 10.0 Å². The third kappa shape index (κ3) is 3.05. The second-order valence-electron chi connectivity index (χ2n) is 4.10. The van der Waals surface area contributed by atoms with Crippen LogP contribution in [0.5, 0.6) is 0 Å². The number of benzene rings is 1. The Bertz CT molecular complexity index is 504. The highest BCUT2D eigenvalue weighted by Gasteiger charge is 2.30. The summed E-state index contributed by atoms with van der Waals surface area (Å²) >= 11 is 3.29. The van der Waals surface area contributed by atoms with Gasteiger partial charge in [-0.1, -0.05) is 12.1 Å². The standard InChI is InChI=1S/C11H15BrN2O2S.ClH/c1-14(9-6-7-13-8-9)17(15,16)11-5-3-2-4-10(11)12;/h2-5,9,13H,6-8H2,1H3;1H. The highest BCUT2D eigenvalue weighted by Crippen LogP contribution is 2.25. The van der Waals surface area contributed by atoms with Crippen LogP contribution >= 0.6 is 28.3 Å². The zero-order chi connectivity index (χ0) is 12.5. The van der Waals surface area contributed by atoms with Gasteiger partial charge in [-0.2, -0.15) is 4.31 Å². The molecule has 0 aliphatic carbocycles. The average molecular weight is 356 g/mol. The van der Waals surface area contributed by atoms with Crippen LogP contribution in [0.2, 0.25) is 0 Å². The first kappa shape index (κ1) is 15.9. The summed E-state index contributed by atoms with van der Waals surface area (Å²) in [6.45, 7) is 1.60. The van der Waals surface area contributed by atoms with Gasteiger partial charge in [0.25, 0.3) is 0 Å². The Morgan fingerprint density at radius 3 is 2.61 bits per heavy atom. The summed E-state index contributed by atoms with van der Waals surface area (Å²) < 4.78 is 26.9.